The molecule has 170 valence electrons. The molecule has 2 rings (SSSR count). The minimum atomic E-state index is -3.79. The standard InChI is InChI=1S/C22H38N4O3S/c1-17-8-9-20(4)21(13-17)26(30(28,29)24(5)6)16-22(27)23-10-7-11-25-14-18(2)12-19(3)15-25/h8-9,13,18-19H,7,10-12,14-16H2,1-6H3,(H,23,27)/t18-,19-/m0/s1. The normalized spacial score (nSPS) is 20.4. The molecule has 0 radical (unpaired) electrons. The smallest absolute Gasteiger partial charge is 0.304 e. The van der Waals surface area contributed by atoms with Crippen LogP contribution in [-0.2, 0) is 15.0 Å². The van der Waals surface area contributed by atoms with E-state index in [0.29, 0.717) is 24.1 Å². The fraction of sp³-hybridized carbons (Fsp3) is 0.682. The van der Waals surface area contributed by atoms with E-state index < -0.39 is 10.2 Å². The molecule has 1 saturated heterocycles. The van der Waals surface area contributed by atoms with Crippen LogP contribution in [0.2, 0.25) is 0 Å². The van der Waals surface area contributed by atoms with E-state index in [4.69, 9.17) is 0 Å². The summed E-state index contributed by atoms with van der Waals surface area (Å²) in [5.74, 6) is 1.14. The fourth-order valence-corrected chi connectivity index (χ4v) is 5.29. The Morgan fingerprint density at radius 1 is 1.17 bits per heavy atom. The zero-order valence-electron chi connectivity index (χ0n) is 19.3. The van der Waals surface area contributed by atoms with Gasteiger partial charge in [0.1, 0.15) is 6.54 Å². The Bertz CT molecular complexity index is 816. The number of rotatable bonds is 9. The van der Waals surface area contributed by atoms with Gasteiger partial charge in [-0.05, 0) is 62.3 Å². The number of hydrogen-bond donors (Lipinski definition) is 1. The summed E-state index contributed by atoms with van der Waals surface area (Å²) in [5.41, 5.74) is 2.29. The first-order chi connectivity index (χ1) is 14.0. The third-order valence-electron chi connectivity index (χ3n) is 5.58. The summed E-state index contributed by atoms with van der Waals surface area (Å²) in [6, 6.07) is 5.62. The Kier molecular flexibility index (Phi) is 8.70. The molecule has 0 bridgehead atoms. The van der Waals surface area contributed by atoms with Gasteiger partial charge in [-0.25, -0.2) is 4.31 Å². The van der Waals surface area contributed by atoms with Crippen molar-refractivity contribution in [2.24, 2.45) is 11.8 Å². The molecule has 0 aliphatic carbocycles. The largest absolute Gasteiger partial charge is 0.354 e. The van der Waals surface area contributed by atoms with Crippen molar-refractivity contribution in [3.8, 4) is 0 Å². The van der Waals surface area contributed by atoms with Gasteiger partial charge in [-0.1, -0.05) is 26.0 Å². The third-order valence-corrected chi connectivity index (χ3v) is 7.38. The van der Waals surface area contributed by atoms with E-state index in [1.807, 2.05) is 32.0 Å². The summed E-state index contributed by atoms with van der Waals surface area (Å²) in [6.45, 7) is 11.8. The summed E-state index contributed by atoms with van der Waals surface area (Å²) >= 11 is 0. The maximum Gasteiger partial charge on any atom is 0.304 e. The van der Waals surface area contributed by atoms with E-state index in [-0.39, 0.29) is 12.5 Å². The van der Waals surface area contributed by atoms with E-state index in [1.165, 1.54) is 24.8 Å². The molecule has 8 heteroatoms. The molecule has 1 fully saturated rings. The van der Waals surface area contributed by atoms with Gasteiger partial charge >= 0.3 is 10.2 Å². The zero-order valence-corrected chi connectivity index (χ0v) is 20.1. The van der Waals surface area contributed by atoms with Crippen molar-refractivity contribution < 1.29 is 13.2 Å². The van der Waals surface area contributed by atoms with Gasteiger partial charge in [-0.15, -0.1) is 0 Å². The lowest BCUT2D eigenvalue weighted by atomic mass is 9.92. The second kappa shape index (κ2) is 10.6. The molecule has 0 unspecified atom stereocenters. The number of piperidine rings is 1. The van der Waals surface area contributed by atoms with Crippen LogP contribution >= 0.6 is 0 Å². The average molecular weight is 439 g/mol. The van der Waals surface area contributed by atoms with E-state index >= 15 is 0 Å². The molecule has 1 aromatic carbocycles. The second-order valence-electron chi connectivity index (χ2n) is 9.00. The number of amides is 1. The van der Waals surface area contributed by atoms with Crippen molar-refractivity contribution in [3.05, 3.63) is 29.3 Å². The van der Waals surface area contributed by atoms with Crippen LogP contribution in [0.5, 0.6) is 0 Å². The average Bonchev–Trinajstić information content (AvgIpc) is 2.64. The number of aryl methyl sites for hydroxylation is 2. The van der Waals surface area contributed by atoms with Gasteiger partial charge in [0.15, 0.2) is 0 Å². The third kappa shape index (κ3) is 6.68. The Balaban J connectivity index is 1.97. The van der Waals surface area contributed by atoms with Crippen LogP contribution in [0.25, 0.3) is 0 Å². The fourth-order valence-electron chi connectivity index (χ4n) is 4.17. The lowest BCUT2D eigenvalue weighted by molar-refractivity contribution is -0.119. The van der Waals surface area contributed by atoms with Gasteiger partial charge < -0.3 is 10.2 Å². The highest BCUT2D eigenvalue weighted by Gasteiger charge is 2.28. The second-order valence-corrected chi connectivity index (χ2v) is 11.1. The Labute approximate surface area is 182 Å². The first kappa shape index (κ1) is 24.6. The molecule has 1 heterocycles. The SMILES string of the molecule is Cc1ccc(C)c(N(CC(=O)NCCCN2C[C@@H](C)C[C@H](C)C2)S(=O)(=O)N(C)C)c1. The molecule has 1 N–H and O–H groups in total. The van der Waals surface area contributed by atoms with Crippen LogP contribution in [-0.4, -0.2) is 70.3 Å². The van der Waals surface area contributed by atoms with Crippen molar-refractivity contribution in [2.45, 2.75) is 40.5 Å². The van der Waals surface area contributed by atoms with Crippen molar-refractivity contribution in [3.63, 3.8) is 0 Å². The Morgan fingerprint density at radius 3 is 2.40 bits per heavy atom. The summed E-state index contributed by atoms with van der Waals surface area (Å²) < 4.78 is 28.1. The van der Waals surface area contributed by atoms with Gasteiger partial charge in [0.25, 0.3) is 0 Å². The predicted molar refractivity (Wildman–Crippen MR) is 123 cm³/mol. The highest BCUT2D eigenvalue weighted by Crippen LogP contribution is 2.25. The van der Waals surface area contributed by atoms with Crippen molar-refractivity contribution >= 4 is 21.8 Å². The zero-order chi connectivity index (χ0) is 22.5. The minimum absolute atomic E-state index is 0.234. The lowest BCUT2D eigenvalue weighted by Gasteiger charge is -2.35. The van der Waals surface area contributed by atoms with Gasteiger partial charge in [-0.2, -0.15) is 12.7 Å². The highest BCUT2D eigenvalue weighted by molar-refractivity contribution is 7.90. The lowest BCUT2D eigenvalue weighted by Crippen LogP contribution is -2.46. The first-order valence-corrected chi connectivity index (χ1v) is 12.2. The van der Waals surface area contributed by atoms with Gasteiger partial charge in [0, 0.05) is 33.7 Å². The monoisotopic (exact) mass is 438 g/mol. The number of nitrogens with one attached hydrogen (secondary N) is 1. The number of hydrogen-bond acceptors (Lipinski definition) is 4. The quantitative estimate of drug-likeness (QED) is 0.601. The van der Waals surface area contributed by atoms with Gasteiger partial charge in [0.05, 0.1) is 5.69 Å². The van der Waals surface area contributed by atoms with E-state index in [0.717, 1.165) is 41.5 Å². The van der Waals surface area contributed by atoms with E-state index in [9.17, 15) is 13.2 Å². The van der Waals surface area contributed by atoms with Gasteiger partial charge in [-0.3, -0.25) is 4.79 Å². The highest BCUT2D eigenvalue weighted by atomic mass is 32.2. The summed E-state index contributed by atoms with van der Waals surface area (Å²) in [6.07, 6.45) is 2.14. The molecule has 0 spiro atoms. The van der Waals surface area contributed by atoms with E-state index in [2.05, 4.69) is 24.1 Å². The predicted octanol–water partition coefficient (Wildman–Crippen LogP) is 2.40. The van der Waals surface area contributed by atoms with E-state index in [1.54, 1.807) is 0 Å². The molecule has 7 nitrogen and oxygen atoms in total. The number of nitrogens with zero attached hydrogens (tertiary/aromatic N) is 3. The van der Waals surface area contributed by atoms with Crippen LogP contribution in [0.4, 0.5) is 5.69 Å². The van der Waals surface area contributed by atoms with Crippen molar-refractivity contribution in [1.82, 2.24) is 14.5 Å². The first-order valence-electron chi connectivity index (χ1n) is 10.8. The van der Waals surface area contributed by atoms with Crippen molar-refractivity contribution in [1.29, 1.82) is 0 Å². The van der Waals surface area contributed by atoms with Crippen LogP contribution in [0.1, 0.15) is 37.8 Å². The molecule has 1 aromatic rings. The molecular weight excluding hydrogens is 400 g/mol. The summed E-state index contributed by atoms with van der Waals surface area (Å²) in [5, 5.41) is 2.90. The summed E-state index contributed by atoms with van der Waals surface area (Å²) in [7, 11) is -0.832. The number of benzene rings is 1. The molecule has 0 saturated carbocycles. The topological polar surface area (TPSA) is 73.0 Å². The molecular formula is C22H38N4O3S. The van der Waals surface area contributed by atoms with Gasteiger partial charge in [0.2, 0.25) is 5.91 Å². The van der Waals surface area contributed by atoms with Crippen LogP contribution in [0.3, 0.4) is 0 Å². The molecule has 0 aromatic heterocycles. The number of anilines is 1. The minimum Gasteiger partial charge on any atom is -0.354 e. The molecule has 1 aliphatic rings. The number of likely N-dealkylation sites (tertiary alicyclic amines) is 1. The Morgan fingerprint density at radius 2 is 1.80 bits per heavy atom. The van der Waals surface area contributed by atoms with Crippen LogP contribution < -0.4 is 9.62 Å². The van der Waals surface area contributed by atoms with Crippen LogP contribution in [0.15, 0.2) is 18.2 Å². The van der Waals surface area contributed by atoms with Crippen LogP contribution in [0, 0.1) is 25.7 Å². The molecule has 1 aliphatic heterocycles. The Hall–Kier alpha value is -1.64. The molecule has 1 amide bonds. The number of carbonyl (C=O) groups excluding carboxylic acids is 1. The molecule has 30 heavy (non-hydrogen) atoms. The van der Waals surface area contributed by atoms with Crippen molar-refractivity contribution in [2.75, 3.05) is 51.1 Å². The molecule has 2 atom stereocenters. The maximum absolute atomic E-state index is 12.9. The number of carbonyl (C=O) groups is 1. The summed E-state index contributed by atoms with van der Waals surface area (Å²) in [4.78, 5) is 15.1. The maximum atomic E-state index is 12.9.